The third kappa shape index (κ3) is 4.17. The number of rotatable bonds is 7. The normalized spacial score (nSPS) is 11.8. The Morgan fingerprint density at radius 2 is 1.89 bits per heavy atom. The van der Waals surface area contributed by atoms with Gasteiger partial charge in [-0.3, -0.25) is 4.79 Å². The van der Waals surface area contributed by atoms with Gasteiger partial charge >= 0.3 is 0 Å². The van der Waals surface area contributed by atoms with Crippen LogP contribution in [0.15, 0.2) is 59.8 Å². The van der Waals surface area contributed by atoms with Gasteiger partial charge in [0.25, 0.3) is 5.91 Å². The Balaban J connectivity index is 1.54. The highest BCUT2D eigenvalue weighted by Gasteiger charge is 2.17. The predicted octanol–water partition coefficient (Wildman–Crippen LogP) is 2.11. The van der Waals surface area contributed by atoms with Crippen molar-refractivity contribution in [2.75, 3.05) is 20.6 Å². The monoisotopic (exact) mass is 386 g/mol. The molecule has 0 unspecified atom stereocenters. The molecule has 0 aliphatic rings. The molecule has 27 heavy (non-hydrogen) atoms. The lowest BCUT2D eigenvalue weighted by Crippen LogP contribution is -2.25. The highest BCUT2D eigenvalue weighted by atomic mass is 32.2. The van der Waals surface area contributed by atoms with E-state index in [-0.39, 0.29) is 10.8 Å². The number of nitrogens with zero attached hydrogens (tertiary/aromatic N) is 3. The zero-order chi connectivity index (χ0) is 19.4. The van der Waals surface area contributed by atoms with E-state index in [0.29, 0.717) is 12.1 Å². The third-order valence-corrected chi connectivity index (χ3v) is 6.11. The number of carbonyl (C=O) groups is 1. The average molecular weight is 386 g/mol. The molecule has 1 N–H and O–H groups in total. The van der Waals surface area contributed by atoms with E-state index in [9.17, 15) is 13.2 Å². The first-order chi connectivity index (χ1) is 12.9. The molecule has 0 aliphatic carbocycles. The van der Waals surface area contributed by atoms with Gasteiger partial charge in [0, 0.05) is 50.5 Å². The van der Waals surface area contributed by atoms with Crippen molar-refractivity contribution < 1.29 is 13.2 Å². The SMILES string of the molecule is CN(C)S(=O)(=O)c1ccc(C(=O)NCCCn2ccc3cccnc32)cc1. The summed E-state index contributed by atoms with van der Waals surface area (Å²) in [5.74, 6) is -0.223. The maximum atomic E-state index is 12.2. The minimum absolute atomic E-state index is 0.163. The van der Waals surface area contributed by atoms with Gasteiger partial charge in [-0.25, -0.2) is 17.7 Å². The number of sulfonamides is 1. The van der Waals surface area contributed by atoms with Crippen LogP contribution in [0, 0.1) is 0 Å². The molecule has 0 fully saturated rings. The van der Waals surface area contributed by atoms with Gasteiger partial charge in [-0.15, -0.1) is 0 Å². The maximum absolute atomic E-state index is 12.2. The van der Waals surface area contributed by atoms with Crippen LogP contribution in [-0.2, 0) is 16.6 Å². The minimum atomic E-state index is -3.49. The molecule has 7 nitrogen and oxygen atoms in total. The lowest BCUT2D eigenvalue weighted by atomic mass is 10.2. The van der Waals surface area contributed by atoms with Crippen LogP contribution < -0.4 is 5.32 Å². The summed E-state index contributed by atoms with van der Waals surface area (Å²) < 4.78 is 27.3. The highest BCUT2D eigenvalue weighted by molar-refractivity contribution is 7.89. The fourth-order valence-electron chi connectivity index (χ4n) is 2.74. The number of pyridine rings is 1. The number of nitrogens with one attached hydrogen (secondary N) is 1. The second kappa shape index (κ2) is 7.89. The van der Waals surface area contributed by atoms with Crippen molar-refractivity contribution in [1.29, 1.82) is 0 Å². The van der Waals surface area contributed by atoms with E-state index in [2.05, 4.69) is 14.9 Å². The molecule has 8 heteroatoms. The Kier molecular flexibility index (Phi) is 5.57. The fraction of sp³-hybridized carbons (Fsp3) is 0.263. The van der Waals surface area contributed by atoms with Crippen LogP contribution in [0.4, 0.5) is 0 Å². The summed E-state index contributed by atoms with van der Waals surface area (Å²) >= 11 is 0. The molecule has 0 bridgehead atoms. The summed E-state index contributed by atoms with van der Waals surface area (Å²) in [5, 5.41) is 3.95. The fourth-order valence-corrected chi connectivity index (χ4v) is 3.64. The molecule has 0 radical (unpaired) electrons. The number of hydrogen-bond acceptors (Lipinski definition) is 4. The van der Waals surface area contributed by atoms with Gasteiger partial charge in [-0.2, -0.15) is 0 Å². The molecule has 3 aromatic rings. The van der Waals surface area contributed by atoms with Gasteiger partial charge in [0.1, 0.15) is 5.65 Å². The van der Waals surface area contributed by atoms with Gasteiger partial charge < -0.3 is 9.88 Å². The number of fused-ring (bicyclic) bond motifs is 1. The molecule has 2 aromatic heterocycles. The molecule has 0 spiro atoms. The van der Waals surface area contributed by atoms with E-state index in [1.54, 1.807) is 6.20 Å². The average Bonchev–Trinajstić information content (AvgIpc) is 3.08. The number of benzene rings is 1. The van der Waals surface area contributed by atoms with Crippen molar-refractivity contribution >= 4 is 27.0 Å². The van der Waals surface area contributed by atoms with Gasteiger partial charge in [-0.1, -0.05) is 0 Å². The van der Waals surface area contributed by atoms with Crippen LogP contribution in [-0.4, -0.2) is 48.8 Å². The molecule has 0 aliphatic heterocycles. The van der Waals surface area contributed by atoms with Crippen molar-refractivity contribution in [3.05, 3.63) is 60.4 Å². The number of amides is 1. The van der Waals surface area contributed by atoms with Crippen LogP contribution in [0.25, 0.3) is 11.0 Å². The molecular formula is C19H22N4O3S. The largest absolute Gasteiger partial charge is 0.352 e. The summed E-state index contributed by atoms with van der Waals surface area (Å²) in [5.41, 5.74) is 1.36. The Labute approximate surface area is 158 Å². The van der Waals surface area contributed by atoms with Gasteiger partial charge in [0.05, 0.1) is 4.90 Å². The molecule has 3 rings (SSSR count). The zero-order valence-electron chi connectivity index (χ0n) is 15.3. The van der Waals surface area contributed by atoms with Crippen LogP contribution in [0.5, 0.6) is 0 Å². The summed E-state index contributed by atoms with van der Waals surface area (Å²) in [6, 6.07) is 11.9. The Bertz CT molecular complexity index is 1040. The van der Waals surface area contributed by atoms with Crippen LogP contribution >= 0.6 is 0 Å². The quantitative estimate of drug-likeness (QED) is 0.630. The second-order valence-electron chi connectivity index (χ2n) is 6.35. The molecule has 142 valence electrons. The summed E-state index contributed by atoms with van der Waals surface area (Å²) in [6.45, 7) is 1.27. The first-order valence-electron chi connectivity index (χ1n) is 8.60. The Morgan fingerprint density at radius 1 is 1.15 bits per heavy atom. The highest BCUT2D eigenvalue weighted by Crippen LogP contribution is 2.14. The molecular weight excluding hydrogens is 364 g/mol. The van der Waals surface area contributed by atoms with Crippen LogP contribution in [0.2, 0.25) is 0 Å². The van der Waals surface area contributed by atoms with Crippen LogP contribution in [0.3, 0.4) is 0 Å². The van der Waals surface area contributed by atoms with Crippen molar-refractivity contribution in [1.82, 2.24) is 19.2 Å². The molecule has 1 amide bonds. The van der Waals surface area contributed by atoms with E-state index in [0.717, 1.165) is 28.3 Å². The second-order valence-corrected chi connectivity index (χ2v) is 8.50. The molecule has 0 saturated carbocycles. The third-order valence-electron chi connectivity index (χ3n) is 4.28. The molecule has 0 atom stereocenters. The first kappa shape index (κ1) is 19.1. The first-order valence-corrected chi connectivity index (χ1v) is 10.0. The maximum Gasteiger partial charge on any atom is 0.251 e. The molecule has 2 heterocycles. The number of aryl methyl sites for hydroxylation is 1. The van der Waals surface area contributed by atoms with E-state index in [1.165, 1.54) is 38.4 Å². The lowest BCUT2D eigenvalue weighted by Gasteiger charge is -2.11. The summed E-state index contributed by atoms with van der Waals surface area (Å²) in [7, 11) is -0.547. The topological polar surface area (TPSA) is 84.3 Å². The van der Waals surface area contributed by atoms with E-state index >= 15 is 0 Å². The van der Waals surface area contributed by atoms with Crippen LogP contribution in [0.1, 0.15) is 16.8 Å². The lowest BCUT2D eigenvalue weighted by molar-refractivity contribution is 0.0952. The van der Waals surface area contributed by atoms with E-state index in [4.69, 9.17) is 0 Å². The molecule has 1 aromatic carbocycles. The van der Waals surface area contributed by atoms with Gasteiger partial charge in [-0.05, 0) is 48.9 Å². The predicted molar refractivity (Wildman–Crippen MR) is 104 cm³/mol. The van der Waals surface area contributed by atoms with Gasteiger partial charge in [0.2, 0.25) is 10.0 Å². The Morgan fingerprint density at radius 3 is 2.59 bits per heavy atom. The standard InChI is InChI=1S/C19H22N4O3S/c1-22(2)27(25,26)17-8-6-16(7-9-17)19(24)21-12-4-13-23-14-10-15-5-3-11-20-18(15)23/h3,5-11,14H,4,12-13H2,1-2H3,(H,21,24). The van der Waals surface area contributed by atoms with E-state index in [1.807, 2.05) is 24.4 Å². The van der Waals surface area contributed by atoms with Crippen molar-refractivity contribution in [3.8, 4) is 0 Å². The van der Waals surface area contributed by atoms with Crippen molar-refractivity contribution in [3.63, 3.8) is 0 Å². The summed E-state index contributed by atoms with van der Waals surface area (Å²) in [6.07, 6.45) is 4.52. The minimum Gasteiger partial charge on any atom is -0.352 e. The zero-order valence-corrected chi connectivity index (χ0v) is 16.1. The number of aromatic nitrogens is 2. The number of hydrogen-bond donors (Lipinski definition) is 1. The van der Waals surface area contributed by atoms with E-state index < -0.39 is 10.0 Å². The van der Waals surface area contributed by atoms with Crippen molar-refractivity contribution in [2.24, 2.45) is 0 Å². The Hall–Kier alpha value is -2.71. The van der Waals surface area contributed by atoms with Gasteiger partial charge in [0.15, 0.2) is 0 Å². The smallest absolute Gasteiger partial charge is 0.251 e. The summed E-state index contributed by atoms with van der Waals surface area (Å²) in [4.78, 5) is 16.8. The molecule has 0 saturated heterocycles. The van der Waals surface area contributed by atoms with Crippen molar-refractivity contribution in [2.45, 2.75) is 17.9 Å². The number of carbonyl (C=O) groups excluding carboxylic acids is 1.